The van der Waals surface area contributed by atoms with Crippen molar-refractivity contribution in [2.45, 2.75) is 19.4 Å². The molecule has 1 rings (SSSR count). The summed E-state index contributed by atoms with van der Waals surface area (Å²) in [6.45, 7) is 3.19. The minimum Gasteiger partial charge on any atom is -0.394 e. The molecule has 3 heteroatoms. The van der Waals surface area contributed by atoms with E-state index in [1.807, 2.05) is 24.3 Å². The van der Waals surface area contributed by atoms with E-state index in [0.29, 0.717) is 0 Å². The van der Waals surface area contributed by atoms with Gasteiger partial charge in [-0.2, -0.15) is 0 Å². The Bertz CT molecular complexity index is 260. The summed E-state index contributed by atoms with van der Waals surface area (Å²) >= 11 is 3.39. The van der Waals surface area contributed by atoms with Crippen molar-refractivity contribution < 1.29 is 5.11 Å². The predicted octanol–water partition coefficient (Wildman–Crippen LogP) is 2.48. The van der Waals surface area contributed by atoms with Crippen molar-refractivity contribution in [3.63, 3.8) is 0 Å². The van der Waals surface area contributed by atoms with Crippen molar-refractivity contribution in [2.24, 2.45) is 0 Å². The first kappa shape index (κ1) is 11.7. The van der Waals surface area contributed by atoms with Gasteiger partial charge in [-0.25, -0.2) is 0 Å². The van der Waals surface area contributed by atoms with E-state index in [9.17, 15) is 5.11 Å². The van der Waals surface area contributed by atoms with Crippen LogP contribution in [-0.4, -0.2) is 18.3 Å². The fourth-order valence-corrected chi connectivity index (χ4v) is 1.57. The lowest BCUT2D eigenvalue weighted by molar-refractivity contribution is 0.245. The van der Waals surface area contributed by atoms with Gasteiger partial charge in [0.05, 0.1) is 12.6 Å². The Morgan fingerprint density at radius 2 is 2.00 bits per heavy atom. The summed E-state index contributed by atoms with van der Waals surface area (Å²) in [5, 5.41) is 12.5. The largest absolute Gasteiger partial charge is 0.394 e. The third kappa shape index (κ3) is 3.40. The number of aliphatic hydroxyl groups excluding tert-OH is 1. The van der Waals surface area contributed by atoms with Crippen LogP contribution in [-0.2, 0) is 0 Å². The maximum atomic E-state index is 9.20. The normalized spacial score (nSPS) is 12.8. The van der Waals surface area contributed by atoms with E-state index in [1.54, 1.807) is 0 Å². The van der Waals surface area contributed by atoms with Gasteiger partial charge in [0, 0.05) is 4.47 Å². The van der Waals surface area contributed by atoms with Crippen LogP contribution in [0.4, 0.5) is 0 Å². The number of benzene rings is 1. The smallest absolute Gasteiger partial charge is 0.0626 e. The molecule has 2 N–H and O–H groups in total. The Morgan fingerprint density at radius 1 is 1.36 bits per heavy atom. The van der Waals surface area contributed by atoms with Gasteiger partial charge in [-0.05, 0) is 30.7 Å². The van der Waals surface area contributed by atoms with Crippen molar-refractivity contribution in [3.8, 4) is 0 Å². The Morgan fingerprint density at radius 3 is 2.50 bits per heavy atom. The molecule has 0 aliphatic rings. The van der Waals surface area contributed by atoms with Crippen molar-refractivity contribution in [1.82, 2.24) is 5.32 Å². The molecule has 0 amide bonds. The average molecular weight is 258 g/mol. The van der Waals surface area contributed by atoms with Gasteiger partial charge < -0.3 is 10.4 Å². The molecule has 0 heterocycles. The molecule has 0 aliphatic carbocycles. The minimum atomic E-state index is 0.0584. The topological polar surface area (TPSA) is 32.3 Å². The Balaban J connectivity index is 2.64. The highest BCUT2D eigenvalue weighted by molar-refractivity contribution is 9.10. The first-order valence-electron chi connectivity index (χ1n) is 4.87. The molecule has 0 bridgehead atoms. The summed E-state index contributed by atoms with van der Waals surface area (Å²) in [6.07, 6.45) is 1.08. The van der Waals surface area contributed by atoms with E-state index in [1.165, 1.54) is 0 Å². The van der Waals surface area contributed by atoms with Crippen LogP contribution < -0.4 is 5.32 Å². The average Bonchev–Trinajstić information content (AvgIpc) is 2.21. The monoisotopic (exact) mass is 257 g/mol. The lowest BCUT2D eigenvalue weighted by Crippen LogP contribution is -2.24. The summed E-state index contributed by atoms with van der Waals surface area (Å²) in [7, 11) is 0. The molecule has 0 radical (unpaired) electrons. The number of hydrogen-bond acceptors (Lipinski definition) is 2. The molecule has 0 saturated heterocycles. The van der Waals surface area contributed by atoms with Crippen molar-refractivity contribution >= 4 is 15.9 Å². The van der Waals surface area contributed by atoms with Gasteiger partial charge in [-0.3, -0.25) is 0 Å². The first-order valence-corrected chi connectivity index (χ1v) is 5.67. The second-order valence-electron chi connectivity index (χ2n) is 3.24. The van der Waals surface area contributed by atoms with Crippen molar-refractivity contribution in [1.29, 1.82) is 0 Å². The summed E-state index contributed by atoms with van der Waals surface area (Å²) in [5.41, 5.74) is 1.13. The van der Waals surface area contributed by atoms with E-state index in [0.717, 1.165) is 23.0 Å². The lowest BCUT2D eigenvalue weighted by atomic mass is 10.1. The number of halogens is 1. The van der Waals surface area contributed by atoms with Gasteiger partial charge >= 0.3 is 0 Å². The maximum absolute atomic E-state index is 9.20. The van der Waals surface area contributed by atoms with Crippen LogP contribution in [0.1, 0.15) is 24.9 Å². The number of aliphatic hydroxyl groups is 1. The lowest BCUT2D eigenvalue weighted by Gasteiger charge is -2.16. The molecule has 1 aromatic rings. The van der Waals surface area contributed by atoms with Gasteiger partial charge in [-0.1, -0.05) is 35.0 Å². The maximum Gasteiger partial charge on any atom is 0.0626 e. The van der Waals surface area contributed by atoms with Crippen molar-refractivity contribution in [3.05, 3.63) is 34.3 Å². The zero-order chi connectivity index (χ0) is 10.4. The SMILES string of the molecule is CCCNC(CO)c1ccc(Br)cc1. The fraction of sp³-hybridized carbons (Fsp3) is 0.455. The molecule has 1 atom stereocenters. The third-order valence-electron chi connectivity index (χ3n) is 2.10. The van der Waals surface area contributed by atoms with E-state index in [-0.39, 0.29) is 12.6 Å². The predicted molar refractivity (Wildman–Crippen MR) is 62.3 cm³/mol. The molecule has 0 spiro atoms. The highest BCUT2D eigenvalue weighted by Gasteiger charge is 2.07. The molecular formula is C11H16BrNO. The summed E-state index contributed by atoms with van der Waals surface area (Å²) < 4.78 is 1.06. The van der Waals surface area contributed by atoms with Crippen LogP contribution >= 0.6 is 15.9 Å². The molecule has 0 aliphatic heterocycles. The molecular weight excluding hydrogens is 242 g/mol. The van der Waals surface area contributed by atoms with E-state index in [4.69, 9.17) is 0 Å². The highest BCUT2D eigenvalue weighted by atomic mass is 79.9. The quantitative estimate of drug-likeness (QED) is 0.850. The van der Waals surface area contributed by atoms with Crippen molar-refractivity contribution in [2.75, 3.05) is 13.2 Å². The van der Waals surface area contributed by atoms with Gasteiger partial charge in [0.1, 0.15) is 0 Å². The Hall–Kier alpha value is -0.380. The number of hydrogen-bond donors (Lipinski definition) is 2. The molecule has 78 valence electrons. The number of rotatable bonds is 5. The van der Waals surface area contributed by atoms with Gasteiger partial charge in [0.2, 0.25) is 0 Å². The summed E-state index contributed by atoms with van der Waals surface area (Å²) in [6, 6.07) is 8.08. The minimum absolute atomic E-state index is 0.0584. The Labute approximate surface area is 93.5 Å². The van der Waals surface area contributed by atoms with E-state index < -0.39 is 0 Å². The molecule has 2 nitrogen and oxygen atoms in total. The fourth-order valence-electron chi connectivity index (χ4n) is 1.30. The summed E-state index contributed by atoms with van der Waals surface area (Å²) in [5.74, 6) is 0. The van der Waals surface area contributed by atoms with Crippen LogP contribution in [0, 0.1) is 0 Å². The van der Waals surface area contributed by atoms with Crippen LogP contribution in [0.2, 0.25) is 0 Å². The molecule has 14 heavy (non-hydrogen) atoms. The summed E-state index contributed by atoms with van der Waals surface area (Å²) in [4.78, 5) is 0. The third-order valence-corrected chi connectivity index (χ3v) is 2.62. The standard InChI is InChI=1S/C11H16BrNO/c1-2-7-13-11(8-14)9-3-5-10(12)6-4-9/h3-6,11,13-14H,2,7-8H2,1H3. The number of nitrogens with one attached hydrogen (secondary N) is 1. The van der Waals surface area contributed by atoms with Crippen LogP contribution in [0.3, 0.4) is 0 Å². The van der Waals surface area contributed by atoms with Crippen LogP contribution in [0.15, 0.2) is 28.7 Å². The highest BCUT2D eigenvalue weighted by Crippen LogP contribution is 2.16. The zero-order valence-corrected chi connectivity index (χ0v) is 9.92. The van der Waals surface area contributed by atoms with E-state index in [2.05, 4.69) is 28.2 Å². The molecule has 1 aromatic carbocycles. The van der Waals surface area contributed by atoms with Gasteiger partial charge in [0.15, 0.2) is 0 Å². The van der Waals surface area contributed by atoms with Crippen LogP contribution in [0.5, 0.6) is 0 Å². The molecule has 0 aromatic heterocycles. The molecule has 0 fully saturated rings. The molecule has 0 saturated carbocycles. The molecule has 1 unspecified atom stereocenters. The van der Waals surface area contributed by atoms with Gasteiger partial charge in [-0.15, -0.1) is 0 Å². The zero-order valence-electron chi connectivity index (χ0n) is 8.33. The van der Waals surface area contributed by atoms with Gasteiger partial charge in [0.25, 0.3) is 0 Å². The second-order valence-corrected chi connectivity index (χ2v) is 4.16. The van der Waals surface area contributed by atoms with Crippen LogP contribution in [0.25, 0.3) is 0 Å². The first-order chi connectivity index (χ1) is 6.77. The second kappa shape index (κ2) is 6.17. The van der Waals surface area contributed by atoms with E-state index >= 15 is 0 Å². The Kier molecular flexibility index (Phi) is 5.15.